The SMILES string of the molecule is c1ccc(-c2ccc(N(c3ccc4c(c3)oc3cc(-c5ccccc5)c5ccccc5c34)c3ccccc3-c3ccccc3-c3ccccc3)cc2)cc1. The van der Waals surface area contributed by atoms with Crippen LogP contribution in [-0.2, 0) is 0 Å². The third-order valence-corrected chi connectivity index (χ3v) is 10.5. The van der Waals surface area contributed by atoms with E-state index in [0.717, 1.165) is 44.6 Å². The zero-order valence-electron chi connectivity index (χ0n) is 29.6. The van der Waals surface area contributed by atoms with Crippen molar-refractivity contribution in [3.05, 3.63) is 212 Å². The Morgan fingerprint density at radius 1 is 0.296 bits per heavy atom. The van der Waals surface area contributed by atoms with E-state index in [9.17, 15) is 0 Å². The summed E-state index contributed by atoms with van der Waals surface area (Å²) in [6.07, 6.45) is 0. The Labute approximate surface area is 314 Å². The Hall–Kier alpha value is -7.16. The van der Waals surface area contributed by atoms with Crippen LogP contribution in [0.25, 0.3) is 77.2 Å². The summed E-state index contributed by atoms with van der Waals surface area (Å²) < 4.78 is 6.83. The minimum absolute atomic E-state index is 0.853. The van der Waals surface area contributed by atoms with Gasteiger partial charge in [-0.3, -0.25) is 0 Å². The molecule has 0 saturated heterocycles. The topological polar surface area (TPSA) is 16.4 Å². The summed E-state index contributed by atoms with van der Waals surface area (Å²) in [6, 6.07) is 75.7. The number of hydrogen-bond donors (Lipinski definition) is 0. The predicted octanol–water partition coefficient (Wildman–Crippen LogP) is 14.9. The van der Waals surface area contributed by atoms with Crippen LogP contribution in [0.3, 0.4) is 0 Å². The average Bonchev–Trinajstić information content (AvgIpc) is 3.63. The first-order chi connectivity index (χ1) is 26.8. The molecule has 0 spiro atoms. The van der Waals surface area contributed by atoms with Gasteiger partial charge in [-0.2, -0.15) is 0 Å². The van der Waals surface area contributed by atoms with Crippen molar-refractivity contribution in [3.63, 3.8) is 0 Å². The Morgan fingerprint density at radius 2 is 0.815 bits per heavy atom. The Morgan fingerprint density at radius 3 is 1.52 bits per heavy atom. The number of fused-ring (bicyclic) bond motifs is 5. The molecule has 1 aromatic heterocycles. The molecule has 1 heterocycles. The van der Waals surface area contributed by atoms with Gasteiger partial charge in [0.2, 0.25) is 0 Å². The number of furan rings is 1. The monoisotopic (exact) mass is 689 g/mol. The number of hydrogen-bond acceptors (Lipinski definition) is 2. The van der Waals surface area contributed by atoms with Crippen LogP contribution in [0.4, 0.5) is 17.1 Å². The molecule has 10 rings (SSSR count). The van der Waals surface area contributed by atoms with Gasteiger partial charge >= 0.3 is 0 Å². The maximum atomic E-state index is 6.83. The van der Waals surface area contributed by atoms with E-state index in [1.54, 1.807) is 0 Å². The van der Waals surface area contributed by atoms with Crippen molar-refractivity contribution in [3.8, 4) is 44.5 Å². The zero-order chi connectivity index (χ0) is 35.8. The highest BCUT2D eigenvalue weighted by atomic mass is 16.3. The van der Waals surface area contributed by atoms with Gasteiger partial charge in [0.25, 0.3) is 0 Å². The molecular weight excluding hydrogens is 655 g/mol. The molecule has 0 fully saturated rings. The second-order valence-corrected chi connectivity index (χ2v) is 13.7. The number of benzene rings is 9. The first-order valence-corrected chi connectivity index (χ1v) is 18.4. The van der Waals surface area contributed by atoms with E-state index >= 15 is 0 Å². The lowest BCUT2D eigenvalue weighted by molar-refractivity contribution is 0.669. The third-order valence-electron chi connectivity index (χ3n) is 10.5. The molecule has 254 valence electrons. The Kier molecular flexibility index (Phi) is 7.85. The van der Waals surface area contributed by atoms with E-state index in [2.05, 4.69) is 217 Å². The minimum Gasteiger partial charge on any atom is -0.456 e. The van der Waals surface area contributed by atoms with Crippen molar-refractivity contribution in [1.82, 2.24) is 0 Å². The lowest BCUT2D eigenvalue weighted by atomic mass is 9.93. The molecule has 0 aliphatic rings. The van der Waals surface area contributed by atoms with Gasteiger partial charge in [-0.1, -0.05) is 170 Å². The first kappa shape index (κ1) is 31.6. The van der Waals surface area contributed by atoms with Gasteiger partial charge in [-0.25, -0.2) is 0 Å². The van der Waals surface area contributed by atoms with Crippen molar-refractivity contribution in [1.29, 1.82) is 0 Å². The lowest BCUT2D eigenvalue weighted by Gasteiger charge is -2.28. The van der Waals surface area contributed by atoms with E-state index in [1.807, 2.05) is 0 Å². The first-order valence-electron chi connectivity index (χ1n) is 18.4. The van der Waals surface area contributed by atoms with Crippen LogP contribution in [0.2, 0.25) is 0 Å². The fourth-order valence-electron chi connectivity index (χ4n) is 7.97. The van der Waals surface area contributed by atoms with Crippen LogP contribution < -0.4 is 4.90 Å². The van der Waals surface area contributed by atoms with E-state index in [-0.39, 0.29) is 0 Å². The highest BCUT2D eigenvalue weighted by Gasteiger charge is 2.21. The van der Waals surface area contributed by atoms with Crippen molar-refractivity contribution < 1.29 is 4.42 Å². The van der Waals surface area contributed by atoms with Gasteiger partial charge in [-0.15, -0.1) is 0 Å². The molecule has 0 aliphatic carbocycles. The van der Waals surface area contributed by atoms with Crippen LogP contribution in [0.15, 0.2) is 217 Å². The molecule has 0 saturated carbocycles. The van der Waals surface area contributed by atoms with Crippen LogP contribution in [0.5, 0.6) is 0 Å². The van der Waals surface area contributed by atoms with E-state index in [1.165, 1.54) is 49.7 Å². The highest BCUT2D eigenvalue weighted by molar-refractivity contribution is 6.22. The second kappa shape index (κ2) is 13.4. The highest BCUT2D eigenvalue weighted by Crippen LogP contribution is 2.46. The van der Waals surface area contributed by atoms with Crippen LogP contribution >= 0.6 is 0 Å². The van der Waals surface area contributed by atoms with E-state index in [4.69, 9.17) is 4.42 Å². The summed E-state index contributed by atoms with van der Waals surface area (Å²) in [5.41, 5.74) is 14.3. The van der Waals surface area contributed by atoms with Gasteiger partial charge in [-0.05, 0) is 86.1 Å². The Balaban J connectivity index is 1.18. The van der Waals surface area contributed by atoms with Gasteiger partial charge in [0.1, 0.15) is 11.2 Å². The standard InChI is InChI=1S/C52H35NO/c1-4-16-36(17-5-1)37-28-30-40(31-29-37)53(49-27-15-14-25-45(49)43-23-11-10-22-42(43)38-18-6-2-7-19-38)41-32-33-47-50(34-41)54-51-35-48(39-20-8-3-9-21-39)44-24-12-13-26-46(44)52(47)51/h1-35H. The van der Waals surface area contributed by atoms with Crippen LogP contribution in [0.1, 0.15) is 0 Å². The number of nitrogens with zero attached hydrogens (tertiary/aromatic N) is 1. The molecule has 2 heteroatoms. The van der Waals surface area contributed by atoms with Crippen molar-refractivity contribution in [2.45, 2.75) is 0 Å². The third kappa shape index (κ3) is 5.53. The summed E-state index contributed by atoms with van der Waals surface area (Å²) in [7, 11) is 0. The van der Waals surface area contributed by atoms with Crippen LogP contribution in [0, 0.1) is 0 Å². The minimum atomic E-state index is 0.853. The number of anilines is 3. The van der Waals surface area contributed by atoms with E-state index < -0.39 is 0 Å². The molecule has 0 N–H and O–H groups in total. The van der Waals surface area contributed by atoms with Crippen LogP contribution in [-0.4, -0.2) is 0 Å². The second-order valence-electron chi connectivity index (χ2n) is 13.7. The molecule has 0 radical (unpaired) electrons. The molecule has 0 unspecified atom stereocenters. The smallest absolute Gasteiger partial charge is 0.137 e. The predicted molar refractivity (Wildman–Crippen MR) is 228 cm³/mol. The lowest BCUT2D eigenvalue weighted by Crippen LogP contribution is -2.11. The largest absolute Gasteiger partial charge is 0.456 e. The van der Waals surface area contributed by atoms with Crippen molar-refractivity contribution >= 4 is 49.8 Å². The van der Waals surface area contributed by atoms with Crippen molar-refractivity contribution in [2.75, 3.05) is 4.90 Å². The Bertz CT molecular complexity index is 2910. The maximum absolute atomic E-state index is 6.83. The fourth-order valence-corrected chi connectivity index (χ4v) is 7.97. The molecule has 0 atom stereocenters. The number of rotatable bonds is 7. The molecule has 9 aromatic carbocycles. The molecule has 54 heavy (non-hydrogen) atoms. The molecule has 10 aromatic rings. The summed E-state index contributed by atoms with van der Waals surface area (Å²) in [6.45, 7) is 0. The van der Waals surface area contributed by atoms with Gasteiger partial charge in [0.15, 0.2) is 0 Å². The molecule has 0 bridgehead atoms. The zero-order valence-corrected chi connectivity index (χ0v) is 29.6. The summed E-state index contributed by atoms with van der Waals surface area (Å²) in [5, 5.41) is 4.65. The summed E-state index contributed by atoms with van der Waals surface area (Å²) in [4.78, 5) is 2.37. The molecular formula is C52H35NO. The summed E-state index contributed by atoms with van der Waals surface area (Å²) in [5.74, 6) is 0. The van der Waals surface area contributed by atoms with Crippen molar-refractivity contribution in [2.24, 2.45) is 0 Å². The van der Waals surface area contributed by atoms with Gasteiger partial charge in [0.05, 0.1) is 5.69 Å². The fraction of sp³-hybridized carbons (Fsp3) is 0. The molecule has 2 nitrogen and oxygen atoms in total. The maximum Gasteiger partial charge on any atom is 0.137 e. The average molecular weight is 690 g/mol. The molecule has 0 amide bonds. The van der Waals surface area contributed by atoms with E-state index in [0.29, 0.717) is 0 Å². The molecule has 0 aliphatic heterocycles. The summed E-state index contributed by atoms with van der Waals surface area (Å²) >= 11 is 0. The normalized spacial score (nSPS) is 11.3. The number of para-hydroxylation sites is 1. The quantitative estimate of drug-likeness (QED) is 0.166. The van der Waals surface area contributed by atoms with Gasteiger partial charge in [0, 0.05) is 33.8 Å². The van der Waals surface area contributed by atoms with Gasteiger partial charge < -0.3 is 9.32 Å².